The van der Waals surface area contributed by atoms with E-state index in [0.717, 1.165) is 29.9 Å². The molecule has 25 heavy (non-hydrogen) atoms. The van der Waals surface area contributed by atoms with E-state index < -0.39 is 5.60 Å². The van der Waals surface area contributed by atoms with Gasteiger partial charge in [0.25, 0.3) is 0 Å². The maximum Gasteiger partial charge on any atom is 0.411 e. The molecule has 5 heteroatoms. The summed E-state index contributed by atoms with van der Waals surface area (Å²) >= 11 is 0. The molecule has 2 aliphatic rings. The Hall–Kier alpha value is -2.30. The zero-order valence-electron chi connectivity index (χ0n) is 15.2. The smallest absolute Gasteiger partial charge is 0.411 e. The van der Waals surface area contributed by atoms with Crippen molar-refractivity contribution in [1.29, 1.82) is 0 Å². The maximum absolute atomic E-state index is 12.6. The van der Waals surface area contributed by atoms with Gasteiger partial charge in [0, 0.05) is 17.7 Å². The summed E-state index contributed by atoms with van der Waals surface area (Å²) in [4.78, 5) is 14.5. The van der Waals surface area contributed by atoms with Crippen LogP contribution in [0.1, 0.15) is 50.9 Å². The molecule has 1 amide bonds. The first-order valence-corrected chi connectivity index (χ1v) is 8.87. The topological polar surface area (TPSA) is 55.6 Å². The first-order chi connectivity index (χ1) is 11.8. The van der Waals surface area contributed by atoms with Crippen molar-refractivity contribution in [3.05, 3.63) is 41.6 Å². The van der Waals surface area contributed by atoms with Crippen LogP contribution in [0, 0.1) is 12.8 Å². The van der Waals surface area contributed by atoms with Crippen molar-refractivity contribution >= 4 is 6.09 Å². The van der Waals surface area contributed by atoms with Crippen LogP contribution >= 0.6 is 0 Å². The molecule has 0 bridgehead atoms. The van der Waals surface area contributed by atoms with Crippen molar-refractivity contribution in [2.24, 2.45) is 5.92 Å². The molecule has 0 spiro atoms. The highest BCUT2D eigenvalue weighted by atomic mass is 16.6. The lowest BCUT2D eigenvalue weighted by molar-refractivity contribution is 0.0176. The van der Waals surface area contributed by atoms with Crippen LogP contribution in [-0.4, -0.2) is 27.8 Å². The molecule has 5 nitrogen and oxygen atoms in total. The fraction of sp³-hybridized carbons (Fsp3) is 0.500. The molecule has 0 unspecified atom stereocenters. The maximum atomic E-state index is 12.6. The lowest BCUT2D eigenvalue weighted by Crippen LogP contribution is -2.38. The van der Waals surface area contributed by atoms with Crippen LogP contribution in [-0.2, 0) is 4.74 Å². The van der Waals surface area contributed by atoms with E-state index in [4.69, 9.17) is 9.26 Å². The van der Waals surface area contributed by atoms with Crippen LogP contribution in [0.5, 0.6) is 0 Å². The Bertz CT molecular complexity index is 805. The number of likely N-dealkylation sites (tertiary alicyclic amines) is 1. The summed E-state index contributed by atoms with van der Waals surface area (Å²) in [5.74, 6) is 1.31. The number of aryl methyl sites for hydroxylation is 1. The number of fused-ring (bicyclic) bond motifs is 1. The van der Waals surface area contributed by atoms with Crippen LogP contribution in [0.15, 0.2) is 34.9 Å². The Morgan fingerprint density at radius 2 is 2.08 bits per heavy atom. The van der Waals surface area contributed by atoms with Crippen LogP contribution in [0.4, 0.5) is 4.79 Å². The van der Waals surface area contributed by atoms with Gasteiger partial charge < -0.3 is 9.26 Å². The largest absolute Gasteiger partial charge is 0.444 e. The summed E-state index contributed by atoms with van der Waals surface area (Å²) in [6.07, 6.45) is 1.75. The van der Waals surface area contributed by atoms with Crippen LogP contribution in [0.25, 0.3) is 11.3 Å². The van der Waals surface area contributed by atoms with Gasteiger partial charge in [-0.25, -0.2) is 4.79 Å². The average Bonchev–Trinajstić information content (AvgIpc) is 2.97. The normalized spacial score (nSPS) is 25.0. The summed E-state index contributed by atoms with van der Waals surface area (Å²) < 4.78 is 11.2. The Morgan fingerprint density at radius 3 is 2.80 bits per heavy atom. The number of rotatable bonds is 2. The molecular weight excluding hydrogens is 316 g/mol. The van der Waals surface area contributed by atoms with Gasteiger partial charge in [-0.1, -0.05) is 28.9 Å². The van der Waals surface area contributed by atoms with Crippen molar-refractivity contribution in [3.63, 3.8) is 0 Å². The summed E-state index contributed by atoms with van der Waals surface area (Å²) in [5, 5.41) is 4.26. The van der Waals surface area contributed by atoms with E-state index in [2.05, 4.69) is 24.2 Å². The first-order valence-electron chi connectivity index (χ1n) is 8.87. The van der Waals surface area contributed by atoms with Gasteiger partial charge in [0.05, 0.1) is 6.04 Å². The number of hydrogen-bond acceptors (Lipinski definition) is 4. The number of ether oxygens (including phenoxy) is 1. The molecule has 1 aromatic carbocycles. The van der Waals surface area contributed by atoms with Gasteiger partial charge in [0.2, 0.25) is 0 Å². The number of carbonyl (C=O) groups excluding carboxylic acids is 1. The number of benzene rings is 1. The van der Waals surface area contributed by atoms with Crippen LogP contribution in [0.2, 0.25) is 0 Å². The summed E-state index contributed by atoms with van der Waals surface area (Å²) in [5.41, 5.74) is 2.50. The lowest BCUT2D eigenvalue weighted by atomic mass is 10.1. The van der Waals surface area contributed by atoms with E-state index in [-0.39, 0.29) is 12.1 Å². The monoisotopic (exact) mass is 340 g/mol. The third kappa shape index (κ3) is 3.15. The van der Waals surface area contributed by atoms with E-state index in [1.807, 2.05) is 43.9 Å². The van der Waals surface area contributed by atoms with Crippen LogP contribution < -0.4 is 0 Å². The van der Waals surface area contributed by atoms with Gasteiger partial charge in [-0.05, 0) is 52.5 Å². The number of hydrogen-bond donors (Lipinski definition) is 0. The van der Waals surface area contributed by atoms with E-state index in [1.54, 1.807) is 0 Å². The average molecular weight is 340 g/mol. The Balaban J connectivity index is 1.58. The molecule has 2 heterocycles. The van der Waals surface area contributed by atoms with Crippen molar-refractivity contribution in [2.45, 2.75) is 58.2 Å². The molecule has 1 saturated heterocycles. The fourth-order valence-corrected chi connectivity index (χ4v) is 3.68. The standard InChI is InChI=1S/C20H24N2O3/c1-12-6-5-7-13(8-12)18-11-15(21-25-18)17-10-14-9-16(14)22(17)19(23)24-20(2,3)4/h5-8,11,14,16-17H,9-10H2,1-4H3/t14-,16-,17-/m1/s1. The molecule has 2 fully saturated rings. The molecule has 0 N–H and O–H groups in total. The summed E-state index contributed by atoms with van der Waals surface area (Å²) in [6, 6.07) is 10.3. The van der Waals surface area contributed by atoms with Crippen LogP contribution in [0.3, 0.4) is 0 Å². The Kier molecular flexibility index (Phi) is 3.63. The number of nitrogens with zero attached hydrogens (tertiary/aromatic N) is 2. The van der Waals surface area contributed by atoms with E-state index in [1.165, 1.54) is 5.56 Å². The molecular formula is C20H24N2O3. The highest BCUT2D eigenvalue weighted by molar-refractivity contribution is 5.71. The number of aromatic nitrogens is 1. The minimum absolute atomic E-state index is 0.0547. The highest BCUT2D eigenvalue weighted by Gasteiger charge is 2.56. The Labute approximate surface area is 147 Å². The molecule has 1 aliphatic carbocycles. The van der Waals surface area contributed by atoms with E-state index in [0.29, 0.717) is 12.0 Å². The molecule has 3 atom stereocenters. The van der Waals surface area contributed by atoms with Crippen molar-refractivity contribution in [2.75, 3.05) is 0 Å². The second kappa shape index (κ2) is 5.61. The van der Waals surface area contributed by atoms with Crippen molar-refractivity contribution < 1.29 is 14.1 Å². The van der Waals surface area contributed by atoms with E-state index >= 15 is 0 Å². The van der Waals surface area contributed by atoms with Gasteiger partial charge in [-0.3, -0.25) is 4.90 Å². The Morgan fingerprint density at radius 1 is 1.28 bits per heavy atom. The van der Waals surface area contributed by atoms with Gasteiger partial charge in [0.1, 0.15) is 11.3 Å². The lowest BCUT2D eigenvalue weighted by Gasteiger charge is -2.29. The summed E-state index contributed by atoms with van der Waals surface area (Å²) in [7, 11) is 0. The predicted octanol–water partition coefficient (Wildman–Crippen LogP) is 4.72. The quantitative estimate of drug-likeness (QED) is 0.794. The molecule has 1 aliphatic heterocycles. The molecule has 1 saturated carbocycles. The SMILES string of the molecule is Cc1cccc(-c2cc([C@H]3C[C@H]4C[C@H]4N3C(=O)OC(C)(C)C)no2)c1. The molecule has 0 radical (unpaired) electrons. The number of piperidine rings is 1. The zero-order chi connectivity index (χ0) is 17.8. The van der Waals surface area contributed by atoms with Gasteiger partial charge in [-0.15, -0.1) is 0 Å². The zero-order valence-corrected chi connectivity index (χ0v) is 15.2. The molecule has 4 rings (SSSR count). The van der Waals surface area contributed by atoms with Crippen molar-refractivity contribution in [1.82, 2.24) is 10.1 Å². The second-order valence-corrected chi connectivity index (χ2v) is 8.19. The molecule has 1 aromatic heterocycles. The molecule has 132 valence electrons. The minimum atomic E-state index is -0.495. The predicted molar refractivity (Wildman–Crippen MR) is 94.0 cm³/mol. The first kappa shape index (κ1) is 16.2. The number of amides is 1. The minimum Gasteiger partial charge on any atom is -0.444 e. The summed E-state index contributed by atoms with van der Waals surface area (Å²) in [6.45, 7) is 7.74. The van der Waals surface area contributed by atoms with Gasteiger partial charge >= 0.3 is 6.09 Å². The van der Waals surface area contributed by atoms with Crippen molar-refractivity contribution in [3.8, 4) is 11.3 Å². The third-order valence-corrected chi connectivity index (χ3v) is 4.88. The highest BCUT2D eigenvalue weighted by Crippen LogP contribution is 2.53. The van der Waals surface area contributed by atoms with E-state index in [9.17, 15) is 4.79 Å². The molecule has 2 aromatic rings. The second-order valence-electron chi connectivity index (χ2n) is 8.19. The fourth-order valence-electron chi connectivity index (χ4n) is 3.68. The van der Waals surface area contributed by atoms with Gasteiger partial charge in [-0.2, -0.15) is 0 Å². The third-order valence-electron chi connectivity index (χ3n) is 4.88. The number of carbonyl (C=O) groups is 1. The van der Waals surface area contributed by atoms with Gasteiger partial charge in [0.15, 0.2) is 5.76 Å².